The molecule has 0 spiro atoms. The van der Waals surface area contributed by atoms with Gasteiger partial charge in [0.15, 0.2) is 0 Å². The molecule has 0 radical (unpaired) electrons. The van der Waals surface area contributed by atoms with E-state index in [2.05, 4.69) is 0 Å². The van der Waals surface area contributed by atoms with Crippen LogP contribution in [0.15, 0.2) is 0 Å². The summed E-state index contributed by atoms with van der Waals surface area (Å²) in [4.78, 5) is 0. The van der Waals surface area contributed by atoms with Crippen molar-refractivity contribution in [3.05, 3.63) is 0 Å². The summed E-state index contributed by atoms with van der Waals surface area (Å²) in [5.74, 6) is 0.0600. The Morgan fingerprint density at radius 2 is 1.82 bits per heavy atom. The third kappa shape index (κ3) is 5.44. The molecule has 0 unspecified atom stereocenters. The Bertz CT molecular complexity index is 341. The molecule has 0 aromatic rings. The van der Waals surface area contributed by atoms with Crippen molar-refractivity contribution in [2.24, 2.45) is 0 Å². The van der Waals surface area contributed by atoms with Crippen LogP contribution in [0.4, 0.5) is 13.2 Å². The molecular weight excluding hydrogens is 279 g/mol. The Hall–Kier alpha value is -0.0100. The van der Waals surface area contributed by atoms with E-state index in [9.17, 15) is 21.6 Å². The molecule has 0 aromatic carbocycles. The van der Waals surface area contributed by atoms with Crippen LogP contribution in [0.2, 0.25) is 0 Å². The van der Waals surface area contributed by atoms with E-state index in [0.717, 1.165) is 0 Å². The summed E-state index contributed by atoms with van der Waals surface area (Å²) in [6.07, 6.45) is -2.66. The SMILES string of the molecule is O=S(=O)(CCCCCl)N(CC(F)(F)F)C1CC1. The topological polar surface area (TPSA) is 37.4 Å². The molecule has 3 nitrogen and oxygen atoms in total. The van der Waals surface area contributed by atoms with E-state index in [1.165, 1.54) is 0 Å². The number of sulfonamides is 1. The van der Waals surface area contributed by atoms with Crippen molar-refractivity contribution >= 4 is 21.6 Å². The largest absolute Gasteiger partial charge is 0.402 e. The minimum atomic E-state index is -4.48. The summed E-state index contributed by atoms with van der Waals surface area (Å²) in [6, 6.07) is -0.461. The zero-order valence-electron chi connectivity index (χ0n) is 9.21. The minimum absolute atomic E-state index is 0.258. The van der Waals surface area contributed by atoms with Crippen LogP contribution in [-0.4, -0.2) is 43.1 Å². The number of rotatable bonds is 7. The fraction of sp³-hybridized carbons (Fsp3) is 1.00. The molecule has 102 valence electrons. The number of unbranched alkanes of at least 4 members (excludes halogenated alkanes) is 1. The second kappa shape index (κ2) is 5.75. The maximum absolute atomic E-state index is 12.3. The van der Waals surface area contributed by atoms with Crippen LogP contribution in [0, 0.1) is 0 Å². The molecule has 0 saturated heterocycles. The van der Waals surface area contributed by atoms with Crippen LogP contribution in [0.3, 0.4) is 0 Å². The van der Waals surface area contributed by atoms with Crippen molar-refractivity contribution < 1.29 is 21.6 Å². The van der Waals surface area contributed by atoms with Crippen molar-refractivity contribution in [3.63, 3.8) is 0 Å². The van der Waals surface area contributed by atoms with E-state index in [-0.39, 0.29) is 5.75 Å². The number of halogens is 4. The van der Waals surface area contributed by atoms with Gasteiger partial charge in [-0.15, -0.1) is 11.6 Å². The molecule has 1 aliphatic carbocycles. The summed E-state index contributed by atoms with van der Waals surface area (Å²) < 4.78 is 60.9. The van der Waals surface area contributed by atoms with Gasteiger partial charge in [-0.05, 0) is 25.7 Å². The van der Waals surface area contributed by atoms with Gasteiger partial charge in [0, 0.05) is 11.9 Å². The lowest BCUT2D eigenvalue weighted by Crippen LogP contribution is -2.41. The molecule has 1 aliphatic rings. The highest BCUT2D eigenvalue weighted by Crippen LogP contribution is 2.32. The number of alkyl halides is 4. The van der Waals surface area contributed by atoms with E-state index in [1.54, 1.807) is 0 Å². The summed E-state index contributed by atoms with van der Waals surface area (Å²) in [5.41, 5.74) is 0. The van der Waals surface area contributed by atoms with E-state index >= 15 is 0 Å². The average Bonchev–Trinajstić information content (AvgIpc) is 2.96. The monoisotopic (exact) mass is 293 g/mol. The Morgan fingerprint density at radius 3 is 2.24 bits per heavy atom. The number of hydrogen-bond donors (Lipinski definition) is 0. The molecule has 0 atom stereocenters. The predicted octanol–water partition coefficient (Wildman–Crippen LogP) is 2.36. The van der Waals surface area contributed by atoms with E-state index in [0.29, 0.717) is 35.9 Å². The second-order valence-corrected chi connectivity index (χ2v) is 6.52. The number of hydrogen-bond acceptors (Lipinski definition) is 2. The van der Waals surface area contributed by atoms with Gasteiger partial charge < -0.3 is 0 Å². The van der Waals surface area contributed by atoms with Crippen molar-refractivity contribution in [2.75, 3.05) is 18.2 Å². The second-order valence-electron chi connectivity index (χ2n) is 4.10. The summed E-state index contributed by atoms with van der Waals surface area (Å²) in [7, 11) is -3.81. The molecule has 0 aromatic heterocycles. The van der Waals surface area contributed by atoms with Gasteiger partial charge >= 0.3 is 6.18 Å². The molecule has 0 bridgehead atoms. The highest BCUT2D eigenvalue weighted by molar-refractivity contribution is 7.89. The number of nitrogens with zero attached hydrogens (tertiary/aromatic N) is 1. The Morgan fingerprint density at radius 1 is 1.24 bits per heavy atom. The molecule has 0 heterocycles. The quantitative estimate of drug-likeness (QED) is 0.534. The van der Waals surface area contributed by atoms with Crippen molar-refractivity contribution in [2.45, 2.75) is 37.9 Å². The zero-order chi connectivity index (χ0) is 13.1. The predicted molar refractivity (Wildman–Crippen MR) is 59.5 cm³/mol. The maximum atomic E-state index is 12.3. The molecule has 0 aliphatic heterocycles. The average molecular weight is 294 g/mol. The normalized spacial score (nSPS) is 17.7. The Balaban J connectivity index is 2.62. The third-order valence-electron chi connectivity index (χ3n) is 2.43. The lowest BCUT2D eigenvalue weighted by atomic mass is 10.4. The van der Waals surface area contributed by atoms with E-state index in [1.807, 2.05) is 0 Å². The first-order chi connectivity index (χ1) is 7.76. The van der Waals surface area contributed by atoms with Gasteiger partial charge in [0.25, 0.3) is 0 Å². The fourth-order valence-corrected chi connectivity index (χ4v) is 3.49. The first-order valence-corrected chi connectivity index (χ1v) is 7.53. The molecule has 0 N–H and O–H groups in total. The van der Waals surface area contributed by atoms with Crippen LogP contribution in [0.1, 0.15) is 25.7 Å². The molecule has 17 heavy (non-hydrogen) atoms. The maximum Gasteiger partial charge on any atom is 0.402 e. The highest BCUT2D eigenvalue weighted by atomic mass is 35.5. The van der Waals surface area contributed by atoms with Gasteiger partial charge in [-0.1, -0.05) is 0 Å². The first kappa shape index (κ1) is 15.0. The molecule has 0 amide bonds. The van der Waals surface area contributed by atoms with Crippen LogP contribution in [-0.2, 0) is 10.0 Å². The van der Waals surface area contributed by atoms with Crippen molar-refractivity contribution in [3.8, 4) is 0 Å². The van der Waals surface area contributed by atoms with Crippen LogP contribution < -0.4 is 0 Å². The molecule has 1 saturated carbocycles. The molecule has 8 heteroatoms. The van der Waals surface area contributed by atoms with Gasteiger partial charge in [0.2, 0.25) is 10.0 Å². The molecule has 1 fully saturated rings. The first-order valence-electron chi connectivity index (χ1n) is 5.38. The summed E-state index contributed by atoms with van der Waals surface area (Å²) in [6.45, 7) is -1.37. The minimum Gasteiger partial charge on any atom is -0.212 e. The molecular formula is C9H15ClF3NO2S. The lowest BCUT2D eigenvalue weighted by Gasteiger charge is -2.23. The van der Waals surface area contributed by atoms with E-state index in [4.69, 9.17) is 11.6 Å². The zero-order valence-corrected chi connectivity index (χ0v) is 10.8. The third-order valence-corrected chi connectivity index (χ3v) is 4.65. The Kier molecular flexibility index (Phi) is 5.09. The Labute approximate surface area is 104 Å². The van der Waals surface area contributed by atoms with Crippen LogP contribution in [0.25, 0.3) is 0 Å². The lowest BCUT2D eigenvalue weighted by molar-refractivity contribution is -0.136. The van der Waals surface area contributed by atoms with Crippen LogP contribution >= 0.6 is 11.6 Å². The molecule has 1 rings (SSSR count). The van der Waals surface area contributed by atoms with Gasteiger partial charge in [-0.25, -0.2) is 8.42 Å². The van der Waals surface area contributed by atoms with Crippen molar-refractivity contribution in [1.82, 2.24) is 4.31 Å². The summed E-state index contributed by atoms with van der Waals surface area (Å²) >= 11 is 5.40. The van der Waals surface area contributed by atoms with Gasteiger partial charge in [0.05, 0.1) is 5.75 Å². The smallest absolute Gasteiger partial charge is 0.212 e. The van der Waals surface area contributed by atoms with Gasteiger partial charge in [-0.2, -0.15) is 17.5 Å². The van der Waals surface area contributed by atoms with Crippen LogP contribution in [0.5, 0.6) is 0 Å². The summed E-state index contributed by atoms with van der Waals surface area (Å²) in [5, 5.41) is 0. The van der Waals surface area contributed by atoms with Crippen molar-refractivity contribution in [1.29, 1.82) is 0 Å². The fourth-order valence-electron chi connectivity index (χ4n) is 1.49. The highest BCUT2D eigenvalue weighted by Gasteiger charge is 2.43. The van der Waals surface area contributed by atoms with Gasteiger partial charge in [0.1, 0.15) is 6.54 Å². The standard InChI is InChI=1S/C9H15ClF3NO2S/c10-5-1-2-6-17(15,16)14(8-3-4-8)7-9(11,12)13/h8H,1-7H2. The van der Waals surface area contributed by atoms with E-state index < -0.39 is 28.8 Å². The van der Waals surface area contributed by atoms with Gasteiger partial charge in [-0.3, -0.25) is 0 Å².